The molecule has 2 saturated carbocycles. The summed E-state index contributed by atoms with van der Waals surface area (Å²) < 4.78 is 10.5. The van der Waals surface area contributed by atoms with E-state index in [0.29, 0.717) is 17.4 Å². The Labute approximate surface area is 137 Å². The molecule has 0 radical (unpaired) electrons. The van der Waals surface area contributed by atoms with Crippen LogP contribution in [0.1, 0.15) is 38.2 Å². The van der Waals surface area contributed by atoms with E-state index >= 15 is 0 Å². The number of nitrogens with zero attached hydrogens (tertiary/aromatic N) is 1. The number of hydrazone groups is 1. The summed E-state index contributed by atoms with van der Waals surface area (Å²) in [7, 11) is 3.19. The molecule has 2 aliphatic rings. The fraction of sp³-hybridized carbons (Fsp3) is 0.556. The molecule has 124 valence electrons. The van der Waals surface area contributed by atoms with Crippen LogP contribution in [0.25, 0.3) is 0 Å². The molecule has 0 bridgehead atoms. The second-order valence-electron chi connectivity index (χ2n) is 6.68. The fourth-order valence-corrected chi connectivity index (χ4v) is 4.02. The zero-order valence-corrected chi connectivity index (χ0v) is 14.0. The van der Waals surface area contributed by atoms with Gasteiger partial charge in [-0.15, -0.1) is 0 Å². The van der Waals surface area contributed by atoms with Crippen LogP contribution in [0.2, 0.25) is 0 Å². The van der Waals surface area contributed by atoms with Crippen LogP contribution >= 0.6 is 0 Å². The van der Waals surface area contributed by atoms with Crippen molar-refractivity contribution in [1.82, 2.24) is 5.43 Å². The molecule has 23 heavy (non-hydrogen) atoms. The first-order valence-electron chi connectivity index (χ1n) is 8.15. The Morgan fingerprint density at radius 3 is 2.74 bits per heavy atom. The molecule has 2 fully saturated rings. The molecule has 0 spiro atoms. The van der Waals surface area contributed by atoms with Crippen molar-refractivity contribution >= 4 is 12.1 Å². The minimum absolute atomic E-state index is 0.0520. The van der Waals surface area contributed by atoms with Gasteiger partial charge in [0.25, 0.3) is 0 Å². The zero-order chi connectivity index (χ0) is 16.4. The summed E-state index contributed by atoms with van der Waals surface area (Å²) in [5, 5.41) is 4.10. The Hall–Kier alpha value is -2.04. The smallest absolute Gasteiger partial charge is 0.244 e. The van der Waals surface area contributed by atoms with Crippen LogP contribution in [0.5, 0.6) is 11.5 Å². The number of carbonyl (C=O) groups excluding carboxylic acids is 1. The van der Waals surface area contributed by atoms with Crippen LogP contribution in [-0.4, -0.2) is 26.3 Å². The van der Waals surface area contributed by atoms with Crippen molar-refractivity contribution in [2.45, 2.75) is 32.6 Å². The summed E-state index contributed by atoms with van der Waals surface area (Å²) in [6.45, 7) is 2.24. The summed E-state index contributed by atoms with van der Waals surface area (Å²) in [5.74, 6) is 2.04. The largest absolute Gasteiger partial charge is 0.493 e. The molecule has 0 heterocycles. The van der Waals surface area contributed by atoms with Gasteiger partial charge >= 0.3 is 0 Å². The Morgan fingerprint density at radius 2 is 2.09 bits per heavy atom. The molecule has 5 nitrogen and oxygen atoms in total. The Balaban J connectivity index is 1.60. The lowest BCUT2D eigenvalue weighted by atomic mass is 9.90. The molecule has 3 atom stereocenters. The van der Waals surface area contributed by atoms with E-state index < -0.39 is 0 Å². The molecule has 0 saturated heterocycles. The SMILES string of the molecule is COc1ccc(/C=N\NC(=O)[C@H]2[C@@H]3CCCC[C@]32C)cc1OC. The maximum absolute atomic E-state index is 12.3. The van der Waals surface area contributed by atoms with Gasteiger partial charge in [0, 0.05) is 5.92 Å². The lowest BCUT2D eigenvalue weighted by Gasteiger charge is -2.15. The number of fused-ring (bicyclic) bond motifs is 1. The molecule has 1 aromatic rings. The number of amides is 1. The Kier molecular flexibility index (Phi) is 4.28. The van der Waals surface area contributed by atoms with Crippen molar-refractivity contribution in [3.05, 3.63) is 23.8 Å². The average Bonchev–Trinajstić information content (AvgIpc) is 3.20. The third kappa shape index (κ3) is 2.92. The fourth-order valence-electron chi connectivity index (χ4n) is 4.02. The number of methoxy groups -OCH3 is 2. The van der Waals surface area contributed by atoms with Crippen molar-refractivity contribution in [3.63, 3.8) is 0 Å². The van der Waals surface area contributed by atoms with E-state index in [0.717, 1.165) is 12.0 Å². The van der Waals surface area contributed by atoms with Gasteiger partial charge in [0.1, 0.15) is 0 Å². The van der Waals surface area contributed by atoms with Crippen molar-refractivity contribution in [2.75, 3.05) is 14.2 Å². The number of carbonyl (C=O) groups is 1. The zero-order valence-electron chi connectivity index (χ0n) is 14.0. The molecule has 5 heteroatoms. The molecule has 0 aliphatic heterocycles. The van der Waals surface area contributed by atoms with Crippen molar-refractivity contribution in [3.8, 4) is 11.5 Å². The first kappa shape index (κ1) is 15.8. The second-order valence-corrected chi connectivity index (χ2v) is 6.68. The van der Waals surface area contributed by atoms with Gasteiger partial charge in [0.05, 0.1) is 20.4 Å². The third-order valence-electron chi connectivity index (χ3n) is 5.41. The lowest BCUT2D eigenvalue weighted by Crippen LogP contribution is -2.22. The molecule has 1 aromatic carbocycles. The number of hydrogen-bond acceptors (Lipinski definition) is 4. The minimum atomic E-state index is 0.0520. The highest BCUT2D eigenvalue weighted by atomic mass is 16.5. The maximum atomic E-state index is 12.3. The average molecular weight is 316 g/mol. The standard InChI is InChI=1S/C18H24N2O3/c1-18-9-5-4-6-13(18)16(18)17(21)20-19-11-12-7-8-14(22-2)15(10-12)23-3/h7-8,10-11,13,16H,4-6,9H2,1-3H3,(H,20,21)/b19-11-/t13-,16+,18+/m0/s1. The van der Waals surface area contributed by atoms with Crippen LogP contribution in [0.15, 0.2) is 23.3 Å². The monoisotopic (exact) mass is 316 g/mol. The minimum Gasteiger partial charge on any atom is -0.493 e. The predicted octanol–water partition coefficient (Wildman–Crippen LogP) is 2.98. The van der Waals surface area contributed by atoms with Crippen molar-refractivity contribution in [1.29, 1.82) is 0 Å². The van der Waals surface area contributed by atoms with Crippen LogP contribution in [0, 0.1) is 17.3 Å². The van der Waals surface area contributed by atoms with E-state index in [2.05, 4.69) is 17.5 Å². The molecule has 1 N–H and O–H groups in total. The second kappa shape index (κ2) is 6.22. The van der Waals surface area contributed by atoms with Crippen LogP contribution < -0.4 is 14.9 Å². The van der Waals surface area contributed by atoms with Crippen molar-refractivity contribution in [2.24, 2.45) is 22.4 Å². The number of rotatable bonds is 5. The van der Waals surface area contributed by atoms with E-state index in [1.54, 1.807) is 20.4 Å². The van der Waals surface area contributed by atoms with Gasteiger partial charge in [-0.2, -0.15) is 5.10 Å². The van der Waals surface area contributed by atoms with Crippen LogP contribution in [0.4, 0.5) is 0 Å². The molecule has 1 amide bonds. The molecule has 2 aliphatic carbocycles. The van der Waals surface area contributed by atoms with Gasteiger partial charge in [0.15, 0.2) is 11.5 Å². The Morgan fingerprint density at radius 1 is 1.30 bits per heavy atom. The van der Waals surface area contributed by atoms with Gasteiger partial charge in [0.2, 0.25) is 5.91 Å². The van der Waals surface area contributed by atoms with E-state index in [1.807, 2.05) is 18.2 Å². The van der Waals surface area contributed by atoms with Gasteiger partial charge in [-0.25, -0.2) is 5.43 Å². The summed E-state index contributed by atoms with van der Waals surface area (Å²) in [6, 6.07) is 5.51. The maximum Gasteiger partial charge on any atom is 0.244 e. The molecule has 0 aromatic heterocycles. The van der Waals surface area contributed by atoms with Gasteiger partial charge < -0.3 is 9.47 Å². The van der Waals surface area contributed by atoms with Crippen LogP contribution in [-0.2, 0) is 4.79 Å². The summed E-state index contributed by atoms with van der Waals surface area (Å²) in [6.07, 6.45) is 6.46. The van der Waals surface area contributed by atoms with E-state index in [4.69, 9.17) is 9.47 Å². The molecular formula is C18H24N2O3. The van der Waals surface area contributed by atoms with E-state index in [9.17, 15) is 4.79 Å². The normalized spacial score (nSPS) is 29.0. The predicted molar refractivity (Wildman–Crippen MR) is 88.8 cm³/mol. The summed E-state index contributed by atoms with van der Waals surface area (Å²) in [5.41, 5.74) is 3.76. The molecule has 0 unspecified atom stereocenters. The number of nitrogens with one attached hydrogen (secondary N) is 1. The first-order valence-corrected chi connectivity index (χ1v) is 8.15. The van der Waals surface area contributed by atoms with Gasteiger partial charge in [-0.05, 0) is 47.9 Å². The number of ether oxygens (including phenoxy) is 2. The van der Waals surface area contributed by atoms with Gasteiger partial charge in [-0.1, -0.05) is 19.8 Å². The third-order valence-corrected chi connectivity index (χ3v) is 5.41. The number of hydrogen-bond donors (Lipinski definition) is 1. The Bertz CT molecular complexity index is 629. The van der Waals surface area contributed by atoms with Crippen LogP contribution in [0.3, 0.4) is 0 Å². The quantitative estimate of drug-likeness (QED) is 0.671. The van der Waals surface area contributed by atoms with E-state index in [-0.39, 0.29) is 17.2 Å². The highest BCUT2D eigenvalue weighted by Gasteiger charge is 2.64. The topological polar surface area (TPSA) is 59.9 Å². The van der Waals surface area contributed by atoms with Gasteiger partial charge in [-0.3, -0.25) is 4.79 Å². The first-order chi connectivity index (χ1) is 11.1. The molecular weight excluding hydrogens is 292 g/mol. The van der Waals surface area contributed by atoms with Crippen molar-refractivity contribution < 1.29 is 14.3 Å². The number of benzene rings is 1. The molecule has 3 rings (SSSR count). The van der Waals surface area contributed by atoms with E-state index in [1.165, 1.54) is 19.3 Å². The lowest BCUT2D eigenvalue weighted by molar-refractivity contribution is -0.123. The highest BCUT2D eigenvalue weighted by molar-refractivity contribution is 5.86. The highest BCUT2D eigenvalue weighted by Crippen LogP contribution is 2.66. The summed E-state index contributed by atoms with van der Waals surface area (Å²) in [4.78, 5) is 12.3. The summed E-state index contributed by atoms with van der Waals surface area (Å²) >= 11 is 0.